The van der Waals surface area contributed by atoms with Gasteiger partial charge in [-0.2, -0.15) is 0 Å². The SMILES string of the molecule is c1cc2occc2c(NCC2COC3(CCOCC3)O2)n1. The van der Waals surface area contributed by atoms with Crippen LogP contribution in [0.15, 0.2) is 29.0 Å². The van der Waals surface area contributed by atoms with Gasteiger partial charge in [0, 0.05) is 25.6 Å². The Morgan fingerprint density at radius 3 is 3.10 bits per heavy atom. The summed E-state index contributed by atoms with van der Waals surface area (Å²) < 4.78 is 22.7. The largest absolute Gasteiger partial charge is 0.464 e. The second kappa shape index (κ2) is 5.29. The summed E-state index contributed by atoms with van der Waals surface area (Å²) in [5, 5.41) is 4.31. The fourth-order valence-corrected chi connectivity index (χ4v) is 2.91. The molecule has 21 heavy (non-hydrogen) atoms. The molecule has 4 heterocycles. The summed E-state index contributed by atoms with van der Waals surface area (Å²) >= 11 is 0. The number of nitrogens with one attached hydrogen (secondary N) is 1. The monoisotopic (exact) mass is 290 g/mol. The topological polar surface area (TPSA) is 65.8 Å². The predicted octanol–water partition coefficient (Wildman–Crippen LogP) is 2.16. The second-order valence-electron chi connectivity index (χ2n) is 5.45. The molecule has 2 aromatic heterocycles. The van der Waals surface area contributed by atoms with Crippen LogP contribution in [-0.4, -0.2) is 43.2 Å². The molecule has 1 unspecified atom stereocenters. The first-order chi connectivity index (χ1) is 10.3. The second-order valence-corrected chi connectivity index (χ2v) is 5.45. The van der Waals surface area contributed by atoms with E-state index in [1.54, 1.807) is 12.5 Å². The molecule has 4 rings (SSSR count). The van der Waals surface area contributed by atoms with Gasteiger partial charge in [-0.25, -0.2) is 4.98 Å². The van der Waals surface area contributed by atoms with Crippen LogP contribution in [0.2, 0.25) is 0 Å². The normalized spacial score (nSPS) is 24.7. The van der Waals surface area contributed by atoms with Crippen LogP contribution in [0, 0.1) is 0 Å². The van der Waals surface area contributed by atoms with Crippen molar-refractivity contribution in [1.29, 1.82) is 0 Å². The van der Waals surface area contributed by atoms with Gasteiger partial charge >= 0.3 is 0 Å². The van der Waals surface area contributed by atoms with Crippen molar-refractivity contribution >= 4 is 16.8 Å². The van der Waals surface area contributed by atoms with E-state index in [1.165, 1.54) is 0 Å². The average molecular weight is 290 g/mol. The highest BCUT2D eigenvalue weighted by Gasteiger charge is 2.42. The summed E-state index contributed by atoms with van der Waals surface area (Å²) in [5.74, 6) is 0.387. The number of hydrogen-bond donors (Lipinski definition) is 1. The Morgan fingerprint density at radius 2 is 2.19 bits per heavy atom. The van der Waals surface area contributed by atoms with Gasteiger partial charge in [-0.1, -0.05) is 0 Å². The molecule has 112 valence electrons. The summed E-state index contributed by atoms with van der Waals surface area (Å²) in [6.07, 6.45) is 5.05. The molecule has 0 saturated carbocycles. The molecule has 0 bridgehead atoms. The number of pyridine rings is 1. The molecule has 2 fully saturated rings. The summed E-state index contributed by atoms with van der Waals surface area (Å²) in [7, 11) is 0. The zero-order valence-corrected chi connectivity index (χ0v) is 11.7. The molecule has 2 aliphatic rings. The van der Waals surface area contributed by atoms with Gasteiger partial charge in [0.05, 0.1) is 31.5 Å². The number of aromatic nitrogens is 1. The maximum atomic E-state index is 6.09. The number of nitrogens with zero attached hydrogens (tertiary/aromatic N) is 1. The lowest BCUT2D eigenvalue weighted by Crippen LogP contribution is -2.38. The van der Waals surface area contributed by atoms with Gasteiger partial charge < -0.3 is 23.9 Å². The standard InChI is InChI=1S/C15H18N2O4/c1-5-16-14(12-2-6-19-13(1)12)17-9-11-10-20-15(21-11)3-7-18-8-4-15/h1-2,5-6,11H,3-4,7-10H2,(H,16,17). The third-order valence-electron chi connectivity index (χ3n) is 4.05. The third-order valence-corrected chi connectivity index (χ3v) is 4.05. The lowest BCUT2D eigenvalue weighted by Gasteiger charge is -2.31. The molecule has 0 aromatic carbocycles. The van der Waals surface area contributed by atoms with Crippen LogP contribution in [0.5, 0.6) is 0 Å². The molecule has 2 aliphatic heterocycles. The van der Waals surface area contributed by atoms with Crippen molar-refractivity contribution in [2.75, 3.05) is 31.7 Å². The van der Waals surface area contributed by atoms with Gasteiger partial charge in [0.2, 0.25) is 0 Å². The fraction of sp³-hybridized carbons (Fsp3) is 0.533. The van der Waals surface area contributed by atoms with Crippen LogP contribution in [-0.2, 0) is 14.2 Å². The molecule has 6 nitrogen and oxygen atoms in total. The van der Waals surface area contributed by atoms with Crippen LogP contribution >= 0.6 is 0 Å². The molecule has 0 amide bonds. The molecule has 1 spiro atoms. The highest BCUT2D eigenvalue weighted by molar-refractivity contribution is 5.87. The van der Waals surface area contributed by atoms with Crippen molar-refractivity contribution in [3.63, 3.8) is 0 Å². The Kier molecular flexibility index (Phi) is 3.29. The van der Waals surface area contributed by atoms with Crippen molar-refractivity contribution in [3.05, 3.63) is 24.6 Å². The first-order valence-corrected chi connectivity index (χ1v) is 7.30. The average Bonchev–Trinajstić information content (AvgIpc) is 3.13. The number of anilines is 1. The van der Waals surface area contributed by atoms with Crippen molar-refractivity contribution in [2.45, 2.75) is 24.7 Å². The number of furan rings is 1. The van der Waals surface area contributed by atoms with Gasteiger partial charge in [0.25, 0.3) is 0 Å². The predicted molar refractivity (Wildman–Crippen MR) is 76.1 cm³/mol. The van der Waals surface area contributed by atoms with E-state index in [4.69, 9.17) is 18.6 Å². The Morgan fingerprint density at radius 1 is 1.29 bits per heavy atom. The van der Waals surface area contributed by atoms with Gasteiger partial charge in [-0.05, 0) is 12.1 Å². The minimum Gasteiger partial charge on any atom is -0.464 e. The Labute approximate surface area is 122 Å². The van der Waals surface area contributed by atoms with E-state index < -0.39 is 5.79 Å². The van der Waals surface area contributed by atoms with Gasteiger partial charge in [0.15, 0.2) is 5.79 Å². The van der Waals surface area contributed by atoms with E-state index in [0.29, 0.717) is 26.4 Å². The Hall–Kier alpha value is -1.63. The van der Waals surface area contributed by atoms with Crippen LogP contribution in [0.1, 0.15) is 12.8 Å². The third kappa shape index (κ3) is 2.50. The van der Waals surface area contributed by atoms with E-state index >= 15 is 0 Å². The quantitative estimate of drug-likeness (QED) is 0.934. The molecule has 2 saturated heterocycles. The van der Waals surface area contributed by atoms with Crippen LogP contribution < -0.4 is 5.32 Å². The summed E-state index contributed by atoms with van der Waals surface area (Å²) in [5.41, 5.74) is 0.831. The van der Waals surface area contributed by atoms with Crippen LogP contribution in [0.4, 0.5) is 5.82 Å². The van der Waals surface area contributed by atoms with Crippen molar-refractivity contribution in [3.8, 4) is 0 Å². The molecule has 0 aliphatic carbocycles. The minimum atomic E-state index is -0.431. The van der Waals surface area contributed by atoms with Crippen LogP contribution in [0.3, 0.4) is 0 Å². The number of rotatable bonds is 3. The molecule has 1 N–H and O–H groups in total. The van der Waals surface area contributed by atoms with Gasteiger partial charge in [-0.15, -0.1) is 0 Å². The number of ether oxygens (including phenoxy) is 3. The molecule has 0 radical (unpaired) electrons. The smallest absolute Gasteiger partial charge is 0.173 e. The first kappa shape index (κ1) is 13.1. The molecule has 1 atom stereocenters. The van der Waals surface area contributed by atoms with Crippen molar-refractivity contribution in [2.24, 2.45) is 0 Å². The molecule has 2 aromatic rings. The lowest BCUT2D eigenvalue weighted by molar-refractivity contribution is -0.209. The van der Waals surface area contributed by atoms with E-state index in [2.05, 4.69) is 10.3 Å². The zero-order valence-electron chi connectivity index (χ0n) is 11.7. The summed E-state index contributed by atoms with van der Waals surface area (Å²) in [6, 6.07) is 3.77. The van der Waals surface area contributed by atoms with Crippen molar-refractivity contribution in [1.82, 2.24) is 4.98 Å². The van der Waals surface area contributed by atoms with E-state index in [1.807, 2.05) is 12.1 Å². The highest BCUT2D eigenvalue weighted by Crippen LogP contribution is 2.33. The highest BCUT2D eigenvalue weighted by atomic mass is 16.7. The van der Waals surface area contributed by atoms with Gasteiger partial charge in [-0.3, -0.25) is 0 Å². The molecular formula is C15H18N2O4. The first-order valence-electron chi connectivity index (χ1n) is 7.30. The summed E-state index contributed by atoms with van der Waals surface area (Å²) in [6.45, 7) is 2.68. The molecular weight excluding hydrogens is 272 g/mol. The van der Waals surface area contributed by atoms with E-state index in [0.717, 1.165) is 29.6 Å². The van der Waals surface area contributed by atoms with E-state index in [9.17, 15) is 0 Å². The molecule has 6 heteroatoms. The fourth-order valence-electron chi connectivity index (χ4n) is 2.91. The van der Waals surface area contributed by atoms with Crippen molar-refractivity contribution < 1.29 is 18.6 Å². The Balaban J connectivity index is 1.40. The van der Waals surface area contributed by atoms with Crippen LogP contribution in [0.25, 0.3) is 11.0 Å². The summed E-state index contributed by atoms with van der Waals surface area (Å²) in [4.78, 5) is 4.36. The lowest BCUT2D eigenvalue weighted by atomic mass is 10.1. The Bertz CT molecular complexity index is 621. The number of fused-ring (bicyclic) bond motifs is 1. The maximum absolute atomic E-state index is 6.09. The van der Waals surface area contributed by atoms with E-state index in [-0.39, 0.29) is 6.10 Å². The van der Waals surface area contributed by atoms with Gasteiger partial charge in [0.1, 0.15) is 17.5 Å². The maximum Gasteiger partial charge on any atom is 0.173 e. The zero-order chi connectivity index (χ0) is 14.1. The number of hydrogen-bond acceptors (Lipinski definition) is 6. The minimum absolute atomic E-state index is 0.0343.